The number of hydrogen-bond donors (Lipinski definition) is 0. The van der Waals surface area contributed by atoms with Crippen LogP contribution in [0.2, 0.25) is 0 Å². The molecule has 0 saturated heterocycles. The number of allylic oxidation sites excluding steroid dienone is 2. The van der Waals surface area contributed by atoms with Gasteiger partial charge >= 0.3 is 0 Å². The van der Waals surface area contributed by atoms with Gasteiger partial charge in [0.1, 0.15) is 11.0 Å². The lowest BCUT2D eigenvalue weighted by Gasteiger charge is -2.34. The standard InChI is InChI=1S/C52H41NO/c1-32-16-27-49-46(28-32)42-25-23-38(31-50(42)54-49)53(37-24-26-48-45(30-37)41-13-8-9-15-47(41)52(48,2)3)36-21-19-34(20-22-36)44-29-35-18-17-33-10-4-5-11-39(33)51(35)43-14-7-6-12-40(43)44/h4-15,17-21,23-32,36H,16,22H2,1-3H3. The number of anilines is 2. The normalized spacial score (nSPS) is 18.2. The quantitative estimate of drug-likeness (QED) is 0.170. The summed E-state index contributed by atoms with van der Waals surface area (Å²) in [6.45, 7) is 6.99. The molecule has 8 aromatic rings. The molecule has 260 valence electrons. The van der Waals surface area contributed by atoms with E-state index in [-0.39, 0.29) is 11.5 Å². The predicted molar refractivity (Wildman–Crippen MR) is 229 cm³/mol. The summed E-state index contributed by atoms with van der Waals surface area (Å²) in [7, 11) is 0. The lowest BCUT2D eigenvalue weighted by atomic mass is 9.82. The Bertz CT molecular complexity index is 3060. The van der Waals surface area contributed by atoms with Crippen molar-refractivity contribution < 1.29 is 4.42 Å². The van der Waals surface area contributed by atoms with Gasteiger partial charge in [0, 0.05) is 33.5 Å². The van der Waals surface area contributed by atoms with E-state index in [9.17, 15) is 0 Å². The van der Waals surface area contributed by atoms with Gasteiger partial charge in [-0.1, -0.05) is 136 Å². The summed E-state index contributed by atoms with van der Waals surface area (Å²) < 4.78 is 6.53. The third kappa shape index (κ3) is 4.66. The molecule has 54 heavy (non-hydrogen) atoms. The Kier molecular flexibility index (Phi) is 6.80. The van der Waals surface area contributed by atoms with E-state index in [0.29, 0.717) is 5.92 Å². The monoisotopic (exact) mass is 695 g/mol. The molecule has 2 heteroatoms. The third-order valence-electron chi connectivity index (χ3n) is 12.5. The van der Waals surface area contributed by atoms with Gasteiger partial charge in [0.2, 0.25) is 0 Å². The van der Waals surface area contributed by atoms with Crippen molar-refractivity contribution in [2.75, 3.05) is 4.90 Å². The first-order valence-electron chi connectivity index (χ1n) is 19.4. The zero-order valence-corrected chi connectivity index (χ0v) is 30.9. The van der Waals surface area contributed by atoms with E-state index < -0.39 is 0 Å². The molecule has 2 atom stereocenters. The van der Waals surface area contributed by atoms with Crippen molar-refractivity contribution in [3.63, 3.8) is 0 Å². The summed E-state index contributed by atoms with van der Waals surface area (Å²) in [5.74, 6) is 0.514. The van der Waals surface area contributed by atoms with Crippen LogP contribution in [-0.2, 0) is 5.41 Å². The van der Waals surface area contributed by atoms with Crippen LogP contribution < -0.4 is 15.5 Å². The van der Waals surface area contributed by atoms with E-state index in [4.69, 9.17) is 4.42 Å². The Balaban J connectivity index is 1.04. The summed E-state index contributed by atoms with van der Waals surface area (Å²) in [6.07, 6.45) is 13.7. The van der Waals surface area contributed by atoms with Crippen LogP contribution in [0.25, 0.3) is 72.1 Å². The second-order valence-corrected chi connectivity index (χ2v) is 16.1. The average Bonchev–Trinajstić information content (AvgIpc) is 3.68. The molecule has 0 amide bonds. The summed E-state index contributed by atoms with van der Waals surface area (Å²) in [5.41, 5.74) is 12.3. The van der Waals surface area contributed by atoms with Gasteiger partial charge in [0.25, 0.3) is 0 Å². The first-order chi connectivity index (χ1) is 26.4. The first kappa shape index (κ1) is 31.4. The SMILES string of the molecule is CC1C=c2c(oc3cc(N(c4ccc5c(c4)-c4ccccc4C5(C)C)C4C=CC(c5cc6ccc7ccccc7c6c6ccccc56)=CC4)ccc23)=CC1. The zero-order valence-electron chi connectivity index (χ0n) is 30.9. The van der Waals surface area contributed by atoms with Crippen molar-refractivity contribution in [1.82, 2.24) is 0 Å². The molecule has 7 aromatic carbocycles. The predicted octanol–water partition coefficient (Wildman–Crippen LogP) is 12.3. The van der Waals surface area contributed by atoms with Crippen molar-refractivity contribution >= 4 is 72.4 Å². The Morgan fingerprint density at radius 2 is 1.35 bits per heavy atom. The maximum Gasteiger partial charge on any atom is 0.137 e. The fourth-order valence-corrected chi connectivity index (χ4v) is 9.75. The van der Waals surface area contributed by atoms with Crippen LogP contribution in [-0.4, -0.2) is 6.04 Å². The number of nitrogens with zero attached hydrogens (tertiary/aromatic N) is 1. The summed E-state index contributed by atoms with van der Waals surface area (Å²) in [5, 5.41) is 10.2. The molecule has 0 spiro atoms. The molecule has 0 N–H and O–H groups in total. The number of rotatable bonds is 4. The molecule has 2 nitrogen and oxygen atoms in total. The summed E-state index contributed by atoms with van der Waals surface area (Å²) >= 11 is 0. The van der Waals surface area contributed by atoms with Crippen molar-refractivity contribution in [2.45, 2.75) is 45.1 Å². The fraction of sp³-hybridized carbons (Fsp3) is 0.154. The summed E-state index contributed by atoms with van der Waals surface area (Å²) in [4.78, 5) is 2.53. The van der Waals surface area contributed by atoms with Crippen LogP contribution in [0.5, 0.6) is 0 Å². The van der Waals surface area contributed by atoms with Crippen molar-refractivity contribution in [3.05, 3.63) is 173 Å². The van der Waals surface area contributed by atoms with Crippen LogP contribution >= 0.6 is 0 Å². The smallest absolute Gasteiger partial charge is 0.137 e. The minimum absolute atomic E-state index is 0.0388. The minimum Gasteiger partial charge on any atom is -0.456 e. The van der Waals surface area contributed by atoms with Gasteiger partial charge in [0.05, 0.1) is 6.04 Å². The van der Waals surface area contributed by atoms with Gasteiger partial charge in [0.15, 0.2) is 0 Å². The Morgan fingerprint density at radius 3 is 2.22 bits per heavy atom. The largest absolute Gasteiger partial charge is 0.456 e. The van der Waals surface area contributed by atoms with Crippen molar-refractivity contribution in [1.29, 1.82) is 0 Å². The van der Waals surface area contributed by atoms with Gasteiger partial charge in [-0.25, -0.2) is 0 Å². The average molecular weight is 696 g/mol. The van der Waals surface area contributed by atoms with E-state index in [1.807, 2.05) is 0 Å². The highest BCUT2D eigenvalue weighted by Crippen LogP contribution is 2.50. The lowest BCUT2D eigenvalue weighted by Crippen LogP contribution is -2.30. The molecule has 0 fully saturated rings. The molecule has 0 radical (unpaired) electrons. The van der Waals surface area contributed by atoms with Crippen LogP contribution in [0, 0.1) is 5.92 Å². The molecule has 0 aliphatic heterocycles. The third-order valence-corrected chi connectivity index (χ3v) is 12.5. The second kappa shape index (κ2) is 11.7. The molecule has 1 heterocycles. The second-order valence-electron chi connectivity index (χ2n) is 16.1. The molecule has 3 aliphatic carbocycles. The van der Waals surface area contributed by atoms with Crippen LogP contribution in [0.4, 0.5) is 11.4 Å². The molecule has 1 aromatic heterocycles. The Morgan fingerprint density at radius 1 is 0.611 bits per heavy atom. The highest BCUT2D eigenvalue weighted by molar-refractivity contribution is 6.22. The van der Waals surface area contributed by atoms with E-state index in [0.717, 1.165) is 29.5 Å². The molecular formula is C52H41NO. The number of benzene rings is 7. The topological polar surface area (TPSA) is 16.4 Å². The molecule has 0 bridgehead atoms. The Hall–Kier alpha value is -6.12. The van der Waals surface area contributed by atoms with E-state index >= 15 is 0 Å². The van der Waals surface area contributed by atoms with Crippen LogP contribution in [0.15, 0.2) is 150 Å². The first-order valence-corrected chi connectivity index (χ1v) is 19.4. The fourth-order valence-electron chi connectivity index (χ4n) is 9.75. The highest BCUT2D eigenvalue weighted by Gasteiger charge is 2.36. The van der Waals surface area contributed by atoms with E-state index in [1.54, 1.807) is 0 Å². The lowest BCUT2D eigenvalue weighted by molar-refractivity contribution is 0.567. The maximum absolute atomic E-state index is 6.53. The van der Waals surface area contributed by atoms with Gasteiger partial charge in [-0.3, -0.25) is 0 Å². The van der Waals surface area contributed by atoms with Crippen molar-refractivity contribution in [3.8, 4) is 11.1 Å². The molecule has 0 saturated carbocycles. The minimum atomic E-state index is -0.0388. The van der Waals surface area contributed by atoms with Gasteiger partial charge in [-0.15, -0.1) is 0 Å². The van der Waals surface area contributed by atoms with E-state index in [2.05, 4.69) is 183 Å². The number of hydrogen-bond acceptors (Lipinski definition) is 2. The van der Waals surface area contributed by atoms with E-state index in [1.165, 1.54) is 82.0 Å². The number of fused-ring (bicyclic) bond motifs is 11. The molecule has 11 rings (SSSR count). The van der Waals surface area contributed by atoms with Crippen LogP contribution in [0.1, 0.15) is 50.3 Å². The molecule has 2 unspecified atom stereocenters. The maximum atomic E-state index is 6.53. The van der Waals surface area contributed by atoms with Crippen LogP contribution in [0.3, 0.4) is 0 Å². The Labute approximate surface area is 315 Å². The van der Waals surface area contributed by atoms with Gasteiger partial charge < -0.3 is 9.32 Å². The molecule has 3 aliphatic rings. The number of furan rings is 1. The van der Waals surface area contributed by atoms with Gasteiger partial charge in [-0.2, -0.15) is 0 Å². The van der Waals surface area contributed by atoms with Crippen molar-refractivity contribution in [2.24, 2.45) is 5.92 Å². The summed E-state index contributed by atoms with van der Waals surface area (Å²) in [6, 6.07) is 47.6. The van der Waals surface area contributed by atoms with Gasteiger partial charge in [-0.05, 0) is 121 Å². The molecular weight excluding hydrogens is 655 g/mol. The highest BCUT2D eigenvalue weighted by atomic mass is 16.3. The zero-order chi connectivity index (χ0) is 36.1.